The van der Waals surface area contributed by atoms with E-state index >= 15 is 0 Å². The van der Waals surface area contributed by atoms with Gasteiger partial charge in [0.1, 0.15) is 6.33 Å². The van der Waals surface area contributed by atoms with Crippen LogP contribution in [0.4, 0.5) is 0 Å². The predicted molar refractivity (Wildman–Crippen MR) is 64.1 cm³/mol. The molecule has 16 heavy (non-hydrogen) atoms. The van der Waals surface area contributed by atoms with Gasteiger partial charge in [0.25, 0.3) is 0 Å². The van der Waals surface area contributed by atoms with Crippen molar-refractivity contribution in [3.8, 4) is 11.1 Å². The van der Waals surface area contributed by atoms with E-state index in [4.69, 9.17) is 0 Å². The van der Waals surface area contributed by atoms with Crippen LogP contribution < -0.4 is 0 Å². The lowest BCUT2D eigenvalue weighted by atomic mass is 9.86. The summed E-state index contributed by atoms with van der Waals surface area (Å²) in [5.41, 5.74) is 5.47. The minimum atomic E-state index is 1.14. The van der Waals surface area contributed by atoms with Crippen LogP contribution in [0.25, 0.3) is 11.1 Å². The highest BCUT2D eigenvalue weighted by Gasteiger charge is 2.13. The molecule has 0 amide bonds. The van der Waals surface area contributed by atoms with Gasteiger partial charge in [-0.25, -0.2) is 9.97 Å². The lowest BCUT2D eigenvalue weighted by molar-refractivity contribution is 0.687. The first-order valence-corrected chi connectivity index (χ1v) is 5.81. The maximum absolute atomic E-state index is 4.10. The van der Waals surface area contributed by atoms with Crippen molar-refractivity contribution in [1.82, 2.24) is 9.97 Å². The van der Waals surface area contributed by atoms with Crippen LogP contribution in [0.2, 0.25) is 0 Å². The molecule has 0 saturated heterocycles. The average Bonchev–Trinajstić information content (AvgIpc) is 2.39. The lowest BCUT2D eigenvalue weighted by Crippen LogP contribution is -2.04. The van der Waals surface area contributed by atoms with Crippen LogP contribution in [0.5, 0.6) is 0 Å². The fraction of sp³-hybridized carbons (Fsp3) is 0.286. The van der Waals surface area contributed by atoms with E-state index in [2.05, 4.69) is 28.2 Å². The first-order valence-electron chi connectivity index (χ1n) is 5.81. The Morgan fingerprint density at radius 1 is 0.938 bits per heavy atom. The van der Waals surface area contributed by atoms with Gasteiger partial charge in [-0.1, -0.05) is 18.2 Å². The lowest BCUT2D eigenvalue weighted by Gasteiger charge is -2.19. The molecule has 0 aliphatic heterocycles. The zero-order chi connectivity index (χ0) is 10.8. The van der Waals surface area contributed by atoms with Crippen LogP contribution in [-0.4, -0.2) is 9.97 Å². The topological polar surface area (TPSA) is 25.8 Å². The minimum Gasteiger partial charge on any atom is -0.244 e. The Labute approximate surface area is 95.4 Å². The molecular formula is C14H14N2. The number of rotatable bonds is 1. The predicted octanol–water partition coefficient (Wildman–Crippen LogP) is 3.02. The molecule has 1 aromatic heterocycles. The van der Waals surface area contributed by atoms with E-state index in [-0.39, 0.29) is 0 Å². The van der Waals surface area contributed by atoms with Crippen molar-refractivity contribution < 1.29 is 0 Å². The molecule has 0 saturated carbocycles. The molecular weight excluding hydrogens is 196 g/mol. The van der Waals surface area contributed by atoms with Crippen LogP contribution in [0.15, 0.2) is 36.9 Å². The fourth-order valence-electron chi connectivity index (χ4n) is 2.49. The van der Waals surface area contributed by atoms with Crippen LogP contribution in [0.3, 0.4) is 0 Å². The standard InChI is InChI=1S/C14H14N2/c1-2-6-13-11(4-1)5-3-7-14(13)12-8-15-10-16-9-12/h3,5,7-10H,1-2,4,6H2. The van der Waals surface area contributed by atoms with Crippen molar-refractivity contribution in [1.29, 1.82) is 0 Å². The molecule has 0 bridgehead atoms. The largest absolute Gasteiger partial charge is 0.244 e. The molecule has 1 aromatic carbocycles. The van der Waals surface area contributed by atoms with Gasteiger partial charge in [0.05, 0.1) is 0 Å². The summed E-state index contributed by atoms with van der Waals surface area (Å²) in [4.78, 5) is 8.20. The van der Waals surface area contributed by atoms with Crippen molar-refractivity contribution in [2.75, 3.05) is 0 Å². The van der Waals surface area contributed by atoms with Crippen LogP contribution in [0.1, 0.15) is 24.0 Å². The number of fused-ring (bicyclic) bond motifs is 1. The van der Waals surface area contributed by atoms with E-state index in [0.29, 0.717) is 0 Å². The van der Waals surface area contributed by atoms with E-state index in [1.54, 1.807) is 6.33 Å². The molecule has 1 aliphatic rings. The first-order chi connectivity index (χ1) is 7.95. The summed E-state index contributed by atoms with van der Waals surface area (Å²) in [7, 11) is 0. The van der Waals surface area contributed by atoms with Gasteiger partial charge in [0.15, 0.2) is 0 Å². The van der Waals surface area contributed by atoms with Crippen LogP contribution in [0, 0.1) is 0 Å². The third kappa shape index (κ3) is 1.60. The summed E-state index contributed by atoms with van der Waals surface area (Å²) in [6.45, 7) is 0. The number of hydrogen-bond donors (Lipinski definition) is 0. The second kappa shape index (κ2) is 4.05. The summed E-state index contributed by atoms with van der Waals surface area (Å²) in [6, 6.07) is 6.58. The summed E-state index contributed by atoms with van der Waals surface area (Å²) in [5, 5.41) is 0. The van der Waals surface area contributed by atoms with E-state index in [1.165, 1.54) is 42.4 Å². The van der Waals surface area contributed by atoms with E-state index in [0.717, 1.165) is 5.56 Å². The monoisotopic (exact) mass is 210 g/mol. The molecule has 0 spiro atoms. The first kappa shape index (κ1) is 9.52. The summed E-state index contributed by atoms with van der Waals surface area (Å²) in [6.07, 6.45) is 10.4. The minimum absolute atomic E-state index is 1.14. The smallest absolute Gasteiger partial charge is 0.115 e. The quantitative estimate of drug-likeness (QED) is 0.723. The fourth-order valence-corrected chi connectivity index (χ4v) is 2.49. The number of nitrogens with zero attached hydrogens (tertiary/aromatic N) is 2. The van der Waals surface area contributed by atoms with Gasteiger partial charge in [-0.3, -0.25) is 0 Å². The van der Waals surface area contributed by atoms with Gasteiger partial charge in [0.2, 0.25) is 0 Å². The SMILES string of the molecule is c1cc2c(c(-c3cncnc3)c1)CCCC2. The molecule has 1 aliphatic carbocycles. The Morgan fingerprint density at radius 3 is 2.62 bits per heavy atom. The summed E-state index contributed by atoms with van der Waals surface area (Å²) < 4.78 is 0. The highest BCUT2D eigenvalue weighted by atomic mass is 14.8. The normalized spacial score (nSPS) is 14.5. The average molecular weight is 210 g/mol. The van der Waals surface area contributed by atoms with E-state index in [9.17, 15) is 0 Å². The van der Waals surface area contributed by atoms with Crippen LogP contribution >= 0.6 is 0 Å². The molecule has 0 fully saturated rings. The molecule has 80 valence electrons. The molecule has 0 radical (unpaired) electrons. The van der Waals surface area contributed by atoms with Gasteiger partial charge >= 0.3 is 0 Å². The molecule has 2 heteroatoms. The van der Waals surface area contributed by atoms with Crippen molar-refractivity contribution in [3.63, 3.8) is 0 Å². The Hall–Kier alpha value is -1.70. The molecule has 1 heterocycles. The molecule has 0 atom stereocenters. The number of aryl methyl sites for hydroxylation is 1. The van der Waals surface area contributed by atoms with E-state index in [1.807, 2.05) is 12.4 Å². The second-order valence-electron chi connectivity index (χ2n) is 4.28. The van der Waals surface area contributed by atoms with E-state index < -0.39 is 0 Å². The van der Waals surface area contributed by atoms with Gasteiger partial charge in [-0.15, -0.1) is 0 Å². The van der Waals surface area contributed by atoms with Crippen molar-refractivity contribution in [3.05, 3.63) is 48.0 Å². The number of benzene rings is 1. The molecule has 0 unspecified atom stereocenters. The molecule has 2 aromatic rings. The number of aromatic nitrogens is 2. The van der Waals surface area contributed by atoms with Gasteiger partial charge in [0, 0.05) is 18.0 Å². The van der Waals surface area contributed by atoms with Crippen molar-refractivity contribution in [2.24, 2.45) is 0 Å². The third-order valence-corrected chi connectivity index (χ3v) is 3.27. The summed E-state index contributed by atoms with van der Waals surface area (Å²) in [5.74, 6) is 0. The van der Waals surface area contributed by atoms with Gasteiger partial charge in [-0.2, -0.15) is 0 Å². The summed E-state index contributed by atoms with van der Waals surface area (Å²) >= 11 is 0. The maximum Gasteiger partial charge on any atom is 0.115 e. The Kier molecular flexibility index (Phi) is 2.41. The zero-order valence-electron chi connectivity index (χ0n) is 9.19. The third-order valence-electron chi connectivity index (χ3n) is 3.27. The van der Waals surface area contributed by atoms with Crippen molar-refractivity contribution in [2.45, 2.75) is 25.7 Å². The Balaban J connectivity index is 2.14. The number of hydrogen-bond acceptors (Lipinski definition) is 2. The Morgan fingerprint density at radius 2 is 1.75 bits per heavy atom. The second-order valence-corrected chi connectivity index (χ2v) is 4.28. The van der Waals surface area contributed by atoms with Gasteiger partial charge < -0.3 is 0 Å². The molecule has 0 N–H and O–H groups in total. The Bertz CT molecular complexity index is 491. The van der Waals surface area contributed by atoms with Crippen molar-refractivity contribution >= 4 is 0 Å². The maximum atomic E-state index is 4.10. The highest BCUT2D eigenvalue weighted by molar-refractivity contribution is 5.67. The van der Waals surface area contributed by atoms with Crippen LogP contribution in [-0.2, 0) is 12.8 Å². The van der Waals surface area contributed by atoms with Gasteiger partial charge in [-0.05, 0) is 42.4 Å². The molecule has 3 rings (SSSR count). The highest BCUT2D eigenvalue weighted by Crippen LogP contribution is 2.30. The zero-order valence-corrected chi connectivity index (χ0v) is 9.19. The molecule has 2 nitrogen and oxygen atoms in total.